The highest BCUT2D eigenvalue weighted by Gasteiger charge is 2.34. The molecule has 1 aliphatic rings. The maximum Gasteiger partial charge on any atom is 0.248 e. The number of hydrogen-bond acceptors (Lipinski definition) is 4. The summed E-state index contributed by atoms with van der Waals surface area (Å²) >= 11 is 0. The summed E-state index contributed by atoms with van der Waals surface area (Å²) in [5.41, 5.74) is 3.28. The van der Waals surface area contributed by atoms with E-state index in [0.717, 1.165) is 11.3 Å². The van der Waals surface area contributed by atoms with Crippen LogP contribution in [0.25, 0.3) is 0 Å². The summed E-state index contributed by atoms with van der Waals surface area (Å²) in [6, 6.07) is 7.53. The van der Waals surface area contributed by atoms with E-state index in [0.29, 0.717) is 13.1 Å². The molecule has 0 spiro atoms. The molecule has 0 saturated carbocycles. The van der Waals surface area contributed by atoms with Gasteiger partial charge in [0, 0.05) is 19.5 Å². The third kappa shape index (κ3) is 3.27. The summed E-state index contributed by atoms with van der Waals surface area (Å²) in [6.07, 6.45) is 0.228. The second kappa shape index (κ2) is 6.38. The summed E-state index contributed by atoms with van der Waals surface area (Å²) in [5, 5.41) is 0. The minimum Gasteiger partial charge on any atom is -0.497 e. The van der Waals surface area contributed by atoms with E-state index >= 15 is 0 Å². The van der Waals surface area contributed by atoms with Crippen molar-refractivity contribution in [3.8, 4) is 5.75 Å². The Morgan fingerprint density at radius 2 is 2.05 bits per heavy atom. The van der Waals surface area contributed by atoms with Crippen molar-refractivity contribution in [2.24, 2.45) is 5.92 Å². The van der Waals surface area contributed by atoms with Gasteiger partial charge in [-0.1, -0.05) is 12.1 Å². The second-order valence-electron chi connectivity index (χ2n) is 4.69. The average Bonchev–Trinajstić information content (AvgIpc) is 2.81. The fourth-order valence-electron chi connectivity index (χ4n) is 2.24. The van der Waals surface area contributed by atoms with E-state index < -0.39 is 0 Å². The highest BCUT2D eigenvalue weighted by molar-refractivity contribution is 5.88. The zero-order valence-electron chi connectivity index (χ0n) is 11.6. The zero-order valence-corrected chi connectivity index (χ0v) is 11.6. The van der Waals surface area contributed by atoms with Crippen molar-refractivity contribution in [1.82, 2.24) is 10.4 Å². The molecule has 1 saturated heterocycles. The van der Waals surface area contributed by atoms with Crippen LogP contribution in [0.2, 0.25) is 0 Å². The quantitative estimate of drug-likeness (QED) is 0.806. The van der Waals surface area contributed by atoms with Crippen LogP contribution in [-0.4, -0.2) is 37.5 Å². The summed E-state index contributed by atoms with van der Waals surface area (Å²) in [7, 11) is 2.99. The Morgan fingerprint density at radius 1 is 1.35 bits per heavy atom. The number of hydrogen-bond donors (Lipinski definition) is 1. The number of likely N-dealkylation sites (tertiary alicyclic amines) is 1. The normalized spacial score (nSPS) is 18.2. The predicted octanol–water partition coefficient (Wildman–Crippen LogP) is 0.721. The molecule has 2 amide bonds. The molecule has 20 heavy (non-hydrogen) atoms. The van der Waals surface area contributed by atoms with E-state index in [1.807, 2.05) is 24.3 Å². The van der Waals surface area contributed by atoms with Crippen LogP contribution in [0, 0.1) is 5.92 Å². The van der Waals surface area contributed by atoms with Gasteiger partial charge in [-0.3, -0.25) is 14.4 Å². The van der Waals surface area contributed by atoms with Crippen molar-refractivity contribution in [3.63, 3.8) is 0 Å². The van der Waals surface area contributed by atoms with Crippen LogP contribution in [0.4, 0.5) is 0 Å². The zero-order chi connectivity index (χ0) is 14.5. The summed E-state index contributed by atoms with van der Waals surface area (Å²) < 4.78 is 5.09. The Kier molecular flexibility index (Phi) is 4.57. The van der Waals surface area contributed by atoms with Crippen LogP contribution in [0.5, 0.6) is 5.75 Å². The van der Waals surface area contributed by atoms with Gasteiger partial charge in [0.15, 0.2) is 0 Å². The highest BCUT2D eigenvalue weighted by Crippen LogP contribution is 2.21. The first-order valence-corrected chi connectivity index (χ1v) is 6.37. The van der Waals surface area contributed by atoms with Crippen LogP contribution in [0.1, 0.15) is 12.0 Å². The van der Waals surface area contributed by atoms with Gasteiger partial charge in [-0.2, -0.15) is 0 Å². The molecule has 108 valence electrons. The number of methoxy groups -OCH3 is 1. The van der Waals surface area contributed by atoms with Crippen molar-refractivity contribution in [1.29, 1.82) is 0 Å². The lowest BCUT2D eigenvalue weighted by Crippen LogP contribution is -2.32. The summed E-state index contributed by atoms with van der Waals surface area (Å²) in [4.78, 5) is 29.8. The number of nitrogens with zero attached hydrogens (tertiary/aromatic N) is 1. The average molecular weight is 278 g/mol. The molecule has 1 heterocycles. The van der Waals surface area contributed by atoms with Crippen molar-refractivity contribution >= 4 is 11.8 Å². The Balaban J connectivity index is 1.96. The molecule has 1 N–H and O–H groups in total. The minimum atomic E-state index is -0.347. The number of amides is 2. The van der Waals surface area contributed by atoms with Crippen LogP contribution >= 0.6 is 0 Å². The second-order valence-corrected chi connectivity index (χ2v) is 4.69. The Morgan fingerprint density at radius 3 is 2.65 bits per heavy atom. The van der Waals surface area contributed by atoms with Gasteiger partial charge in [0.1, 0.15) is 5.75 Å². The van der Waals surface area contributed by atoms with E-state index in [-0.39, 0.29) is 24.2 Å². The van der Waals surface area contributed by atoms with E-state index in [4.69, 9.17) is 4.74 Å². The molecule has 0 aromatic heterocycles. The maximum absolute atomic E-state index is 11.9. The van der Waals surface area contributed by atoms with Gasteiger partial charge in [0.05, 0.1) is 20.1 Å². The lowest BCUT2D eigenvalue weighted by molar-refractivity contribution is -0.135. The number of carbonyl (C=O) groups excluding carboxylic acids is 2. The van der Waals surface area contributed by atoms with Crippen molar-refractivity contribution in [2.45, 2.75) is 13.0 Å². The Hall–Kier alpha value is -2.08. The van der Waals surface area contributed by atoms with Crippen LogP contribution in [-0.2, 0) is 21.0 Å². The van der Waals surface area contributed by atoms with Crippen molar-refractivity contribution < 1.29 is 19.2 Å². The molecule has 1 aromatic rings. The third-order valence-electron chi connectivity index (χ3n) is 3.32. The molecule has 1 fully saturated rings. The number of carbonyl (C=O) groups is 2. The van der Waals surface area contributed by atoms with Gasteiger partial charge in [0.25, 0.3) is 0 Å². The number of hydroxylamine groups is 1. The lowest BCUT2D eigenvalue weighted by Gasteiger charge is -2.16. The molecule has 6 heteroatoms. The Bertz CT molecular complexity index is 486. The SMILES string of the molecule is CONC(=O)C1CC(=O)N(Cc2ccc(OC)cc2)C1. The summed E-state index contributed by atoms with van der Waals surface area (Å²) in [6.45, 7) is 0.916. The van der Waals surface area contributed by atoms with Gasteiger partial charge in [-0.15, -0.1) is 0 Å². The molecule has 0 aliphatic carbocycles. The fourth-order valence-corrected chi connectivity index (χ4v) is 2.24. The molecule has 1 unspecified atom stereocenters. The monoisotopic (exact) mass is 278 g/mol. The standard InChI is InChI=1S/C14H18N2O4/c1-19-12-5-3-10(4-6-12)8-16-9-11(7-13(16)17)14(18)15-20-2/h3-6,11H,7-9H2,1-2H3,(H,15,18). The van der Waals surface area contributed by atoms with E-state index in [2.05, 4.69) is 10.3 Å². The number of nitrogens with one attached hydrogen (secondary N) is 1. The van der Waals surface area contributed by atoms with E-state index in [9.17, 15) is 9.59 Å². The largest absolute Gasteiger partial charge is 0.497 e. The van der Waals surface area contributed by atoms with Gasteiger partial charge >= 0.3 is 0 Å². The molecular weight excluding hydrogens is 260 g/mol. The molecule has 0 bridgehead atoms. The van der Waals surface area contributed by atoms with Crippen LogP contribution in [0.15, 0.2) is 24.3 Å². The lowest BCUT2D eigenvalue weighted by atomic mass is 10.1. The van der Waals surface area contributed by atoms with E-state index in [1.54, 1.807) is 12.0 Å². The maximum atomic E-state index is 11.9. The topological polar surface area (TPSA) is 67.9 Å². The molecule has 1 atom stereocenters. The van der Waals surface area contributed by atoms with E-state index in [1.165, 1.54) is 7.11 Å². The smallest absolute Gasteiger partial charge is 0.248 e. The van der Waals surface area contributed by atoms with Crippen LogP contribution < -0.4 is 10.2 Å². The minimum absolute atomic E-state index is 0.0166. The van der Waals surface area contributed by atoms with Gasteiger partial charge in [-0.05, 0) is 17.7 Å². The summed E-state index contributed by atoms with van der Waals surface area (Å²) in [5.74, 6) is 0.162. The molecule has 2 rings (SSSR count). The third-order valence-corrected chi connectivity index (χ3v) is 3.32. The number of benzene rings is 1. The fraction of sp³-hybridized carbons (Fsp3) is 0.429. The van der Waals surface area contributed by atoms with Crippen molar-refractivity contribution in [3.05, 3.63) is 29.8 Å². The molecular formula is C14H18N2O4. The molecule has 1 aliphatic heterocycles. The highest BCUT2D eigenvalue weighted by atomic mass is 16.6. The Labute approximate surface area is 117 Å². The first-order valence-electron chi connectivity index (χ1n) is 6.37. The molecule has 1 aromatic carbocycles. The molecule has 0 radical (unpaired) electrons. The predicted molar refractivity (Wildman–Crippen MR) is 71.7 cm³/mol. The molecule has 6 nitrogen and oxygen atoms in total. The van der Waals surface area contributed by atoms with Gasteiger partial charge in [0.2, 0.25) is 11.8 Å². The van der Waals surface area contributed by atoms with Gasteiger partial charge in [-0.25, -0.2) is 5.48 Å². The first kappa shape index (κ1) is 14.3. The number of ether oxygens (including phenoxy) is 1. The number of rotatable bonds is 5. The van der Waals surface area contributed by atoms with Crippen molar-refractivity contribution in [2.75, 3.05) is 20.8 Å². The van der Waals surface area contributed by atoms with Gasteiger partial charge < -0.3 is 9.64 Å². The first-order chi connectivity index (χ1) is 9.63. The van der Waals surface area contributed by atoms with Crippen LogP contribution in [0.3, 0.4) is 0 Å².